The monoisotopic (exact) mass is 327 g/mol. The zero-order chi connectivity index (χ0) is 15.1. The van der Waals surface area contributed by atoms with Crippen LogP contribution in [0.25, 0.3) is 0 Å². The number of hydrogen-bond donors (Lipinski definition) is 1. The van der Waals surface area contributed by atoms with Crippen LogP contribution in [0.2, 0.25) is 0 Å². The maximum atomic E-state index is 6.63. The largest absolute Gasteiger partial charge is 0.374 e. The van der Waals surface area contributed by atoms with Gasteiger partial charge in [-0.25, -0.2) is 0 Å². The average Bonchev–Trinajstić information content (AvgIpc) is 3.07. The minimum atomic E-state index is 0.00597. The van der Waals surface area contributed by atoms with Crippen LogP contribution >= 0.6 is 23.3 Å². The van der Waals surface area contributed by atoms with Crippen LogP contribution in [-0.2, 0) is 10.2 Å². The van der Waals surface area contributed by atoms with Crippen molar-refractivity contribution in [3.05, 3.63) is 10.6 Å². The lowest BCUT2D eigenvalue weighted by Crippen LogP contribution is -2.43. The van der Waals surface area contributed by atoms with Crippen LogP contribution in [0.5, 0.6) is 0 Å². The second kappa shape index (κ2) is 5.80. The van der Waals surface area contributed by atoms with Crippen LogP contribution in [0.4, 0.5) is 0 Å². The van der Waals surface area contributed by atoms with Gasteiger partial charge in [0, 0.05) is 23.8 Å². The Morgan fingerprint density at radius 1 is 1.43 bits per heavy atom. The lowest BCUT2D eigenvalue weighted by Gasteiger charge is -2.40. The Balaban J connectivity index is 1.79. The lowest BCUT2D eigenvalue weighted by molar-refractivity contribution is -0.0833. The van der Waals surface area contributed by atoms with E-state index >= 15 is 0 Å². The van der Waals surface area contributed by atoms with Crippen LogP contribution in [-0.4, -0.2) is 33.3 Å². The summed E-state index contributed by atoms with van der Waals surface area (Å²) in [5, 5.41) is 4.35. The second-order valence-corrected chi connectivity index (χ2v) is 9.24. The maximum Gasteiger partial charge on any atom is 0.0857 e. The number of aromatic nitrogens is 2. The third-order valence-electron chi connectivity index (χ3n) is 4.63. The van der Waals surface area contributed by atoms with Gasteiger partial charge in [-0.15, -0.1) is 5.10 Å². The summed E-state index contributed by atoms with van der Waals surface area (Å²) in [7, 11) is 0. The molecular weight excluding hydrogens is 302 g/mol. The first kappa shape index (κ1) is 15.7. The molecular formula is C15H25N3OS2. The van der Waals surface area contributed by atoms with E-state index in [1.165, 1.54) is 28.6 Å². The van der Waals surface area contributed by atoms with Crippen molar-refractivity contribution in [3.8, 4) is 0 Å². The number of thioether (sulfide) groups is 1. The minimum Gasteiger partial charge on any atom is -0.374 e. The molecule has 1 spiro atoms. The fraction of sp³-hybridized carbons (Fsp3) is 0.867. The Morgan fingerprint density at radius 3 is 2.90 bits per heavy atom. The van der Waals surface area contributed by atoms with Gasteiger partial charge in [-0.1, -0.05) is 25.3 Å². The minimum absolute atomic E-state index is 0.00597. The third-order valence-corrected chi connectivity index (χ3v) is 6.68. The highest BCUT2D eigenvalue weighted by Crippen LogP contribution is 2.44. The molecule has 1 aromatic heterocycles. The molecule has 0 amide bonds. The molecule has 6 heteroatoms. The van der Waals surface area contributed by atoms with Gasteiger partial charge in [0.2, 0.25) is 0 Å². The molecule has 118 valence electrons. The predicted octanol–water partition coefficient (Wildman–Crippen LogP) is 3.14. The summed E-state index contributed by atoms with van der Waals surface area (Å²) in [5.74, 6) is 2.83. The molecule has 2 aliphatic rings. The molecule has 3 atom stereocenters. The van der Waals surface area contributed by atoms with Gasteiger partial charge in [-0.2, -0.15) is 11.8 Å². The molecule has 0 aliphatic carbocycles. The molecule has 0 radical (unpaired) electrons. The van der Waals surface area contributed by atoms with Gasteiger partial charge < -0.3 is 10.5 Å². The van der Waals surface area contributed by atoms with Gasteiger partial charge in [0.25, 0.3) is 0 Å². The van der Waals surface area contributed by atoms with Crippen LogP contribution < -0.4 is 5.73 Å². The molecule has 3 rings (SSSR count). The summed E-state index contributed by atoms with van der Waals surface area (Å²) in [6.07, 6.45) is 3.31. The van der Waals surface area contributed by atoms with Crippen molar-refractivity contribution >= 4 is 23.3 Å². The molecule has 2 aliphatic heterocycles. The Labute approximate surface area is 135 Å². The Hall–Kier alpha value is -0.170. The molecule has 2 N–H and O–H groups in total. The van der Waals surface area contributed by atoms with E-state index in [-0.39, 0.29) is 17.1 Å². The summed E-state index contributed by atoms with van der Waals surface area (Å²) in [4.78, 5) is 1.18. The second-order valence-electron chi connectivity index (χ2n) is 7.35. The first-order chi connectivity index (χ1) is 9.91. The Kier molecular flexibility index (Phi) is 4.34. The zero-order valence-electron chi connectivity index (χ0n) is 13.1. The van der Waals surface area contributed by atoms with Crippen LogP contribution in [0.3, 0.4) is 0 Å². The van der Waals surface area contributed by atoms with Crippen molar-refractivity contribution < 1.29 is 4.74 Å². The Morgan fingerprint density at radius 2 is 2.24 bits per heavy atom. The average molecular weight is 328 g/mol. The summed E-state index contributed by atoms with van der Waals surface area (Å²) in [6, 6.07) is 0.0469. The number of hydrogen-bond acceptors (Lipinski definition) is 6. The summed E-state index contributed by atoms with van der Waals surface area (Å²) < 4.78 is 10.3. The lowest BCUT2D eigenvalue weighted by atomic mass is 9.79. The van der Waals surface area contributed by atoms with Crippen LogP contribution in [0.1, 0.15) is 56.6 Å². The molecule has 1 aromatic rings. The molecule has 2 saturated heterocycles. The smallest absolute Gasteiger partial charge is 0.0857 e. The SMILES string of the molecule is CC(C)(C)c1nnsc1C(N)C1CCOC2(CCSC2)C1. The van der Waals surface area contributed by atoms with E-state index in [1.54, 1.807) is 0 Å². The molecule has 2 fully saturated rings. The highest BCUT2D eigenvalue weighted by molar-refractivity contribution is 7.99. The first-order valence-electron chi connectivity index (χ1n) is 7.71. The van der Waals surface area contributed by atoms with E-state index in [0.29, 0.717) is 5.92 Å². The van der Waals surface area contributed by atoms with Crippen molar-refractivity contribution in [1.82, 2.24) is 9.59 Å². The highest BCUT2D eigenvalue weighted by atomic mass is 32.2. The predicted molar refractivity (Wildman–Crippen MR) is 88.9 cm³/mol. The Bertz CT molecular complexity index is 491. The fourth-order valence-corrected chi connectivity index (χ4v) is 5.72. The van der Waals surface area contributed by atoms with Crippen LogP contribution in [0.15, 0.2) is 0 Å². The van der Waals surface area contributed by atoms with Crippen LogP contribution in [0, 0.1) is 5.92 Å². The summed E-state index contributed by atoms with van der Waals surface area (Å²) in [6.45, 7) is 7.38. The summed E-state index contributed by atoms with van der Waals surface area (Å²) in [5.41, 5.74) is 7.80. The molecule has 3 heterocycles. The van der Waals surface area contributed by atoms with E-state index in [0.717, 1.165) is 30.9 Å². The molecule has 0 bridgehead atoms. The van der Waals surface area contributed by atoms with Crippen molar-refractivity contribution in [1.29, 1.82) is 0 Å². The maximum absolute atomic E-state index is 6.63. The van der Waals surface area contributed by atoms with E-state index in [2.05, 4.69) is 30.4 Å². The van der Waals surface area contributed by atoms with E-state index in [9.17, 15) is 0 Å². The van der Waals surface area contributed by atoms with Crippen molar-refractivity contribution in [2.24, 2.45) is 11.7 Å². The number of rotatable bonds is 2. The molecule has 4 nitrogen and oxygen atoms in total. The molecule has 21 heavy (non-hydrogen) atoms. The quantitative estimate of drug-likeness (QED) is 0.904. The topological polar surface area (TPSA) is 61.0 Å². The third kappa shape index (κ3) is 3.14. The normalized spacial score (nSPS) is 31.7. The van der Waals surface area contributed by atoms with Crippen molar-refractivity contribution in [2.45, 2.75) is 57.1 Å². The molecule has 0 saturated carbocycles. The first-order valence-corrected chi connectivity index (χ1v) is 9.64. The van der Waals surface area contributed by atoms with Gasteiger partial charge in [-0.3, -0.25) is 0 Å². The van der Waals surface area contributed by atoms with E-state index < -0.39 is 0 Å². The fourth-order valence-electron chi connectivity index (χ4n) is 3.39. The van der Waals surface area contributed by atoms with Gasteiger partial charge in [0.1, 0.15) is 0 Å². The van der Waals surface area contributed by atoms with Gasteiger partial charge >= 0.3 is 0 Å². The standard InChI is InChI=1S/C15H25N3OS2/c1-14(2,3)13-12(21-18-17-13)11(16)10-4-6-19-15(8-10)5-7-20-9-15/h10-11H,4-9,16H2,1-3H3. The molecule has 0 aromatic carbocycles. The van der Waals surface area contributed by atoms with Crippen molar-refractivity contribution in [3.63, 3.8) is 0 Å². The van der Waals surface area contributed by atoms with E-state index in [1.807, 2.05) is 11.8 Å². The molecule has 3 unspecified atom stereocenters. The van der Waals surface area contributed by atoms with E-state index in [4.69, 9.17) is 10.5 Å². The van der Waals surface area contributed by atoms with Gasteiger partial charge in [-0.05, 0) is 42.5 Å². The summed E-state index contributed by atoms with van der Waals surface area (Å²) >= 11 is 3.49. The zero-order valence-corrected chi connectivity index (χ0v) is 14.7. The number of nitrogens with zero attached hydrogens (tertiary/aromatic N) is 2. The highest BCUT2D eigenvalue weighted by Gasteiger charge is 2.43. The van der Waals surface area contributed by atoms with Gasteiger partial charge in [0.05, 0.1) is 16.2 Å². The number of nitrogens with two attached hydrogens (primary N) is 1. The van der Waals surface area contributed by atoms with Crippen molar-refractivity contribution in [2.75, 3.05) is 18.1 Å². The van der Waals surface area contributed by atoms with Gasteiger partial charge in [0.15, 0.2) is 0 Å². The number of ether oxygens (including phenoxy) is 1.